The van der Waals surface area contributed by atoms with Crippen LogP contribution in [0.25, 0.3) is 0 Å². The number of sulfone groups is 1. The summed E-state index contributed by atoms with van der Waals surface area (Å²) in [5.74, 6) is -0.499. The number of urea groups is 1. The molecule has 0 radical (unpaired) electrons. The van der Waals surface area contributed by atoms with Crippen molar-refractivity contribution in [2.24, 2.45) is 0 Å². The van der Waals surface area contributed by atoms with Crippen LogP contribution in [0.5, 0.6) is 11.5 Å². The van der Waals surface area contributed by atoms with Crippen LogP contribution >= 0.6 is 11.6 Å². The van der Waals surface area contributed by atoms with Crippen LogP contribution in [0.2, 0.25) is 5.02 Å². The molecule has 0 bridgehead atoms. The second-order valence-electron chi connectivity index (χ2n) is 6.97. The van der Waals surface area contributed by atoms with E-state index < -0.39 is 33.6 Å². The summed E-state index contributed by atoms with van der Waals surface area (Å²) < 4.78 is 41.6. The lowest BCUT2D eigenvalue weighted by Crippen LogP contribution is -2.47. The number of halogens is 1. The zero-order valence-electron chi connectivity index (χ0n) is 18.2. The molecule has 0 aromatic heterocycles. The van der Waals surface area contributed by atoms with Gasteiger partial charge in [0.25, 0.3) is 0 Å². The van der Waals surface area contributed by atoms with E-state index in [0.29, 0.717) is 23.7 Å². The molecule has 0 saturated heterocycles. The Morgan fingerprint density at radius 2 is 1.82 bits per heavy atom. The van der Waals surface area contributed by atoms with E-state index in [2.05, 4.69) is 10.6 Å². The second kappa shape index (κ2) is 10.1. The molecular weight excluding hydrogens is 472 g/mol. The molecule has 2 aromatic carbocycles. The fourth-order valence-corrected chi connectivity index (χ4v) is 5.04. The molecule has 33 heavy (non-hydrogen) atoms. The number of carbonyl (C=O) groups is 2. The smallest absolute Gasteiger partial charge is 0.338 e. The van der Waals surface area contributed by atoms with Gasteiger partial charge in [-0.2, -0.15) is 0 Å². The summed E-state index contributed by atoms with van der Waals surface area (Å²) in [4.78, 5) is 25.0. The summed E-state index contributed by atoms with van der Waals surface area (Å²) in [5, 5.41) is 5.20. The molecular formula is C22H23ClN2O7S. The number of esters is 1. The van der Waals surface area contributed by atoms with Crippen LogP contribution < -0.4 is 20.1 Å². The van der Waals surface area contributed by atoms with Crippen molar-refractivity contribution in [3.05, 3.63) is 64.3 Å². The van der Waals surface area contributed by atoms with Gasteiger partial charge in [0.2, 0.25) is 0 Å². The van der Waals surface area contributed by atoms with Crippen LogP contribution in [-0.2, 0) is 19.4 Å². The molecule has 0 aliphatic carbocycles. The molecule has 0 saturated carbocycles. The Labute approximate surface area is 196 Å². The lowest BCUT2D eigenvalue weighted by molar-refractivity contribution is -0.136. The van der Waals surface area contributed by atoms with Crippen LogP contribution in [0, 0.1) is 0 Å². The predicted octanol–water partition coefficient (Wildman–Crippen LogP) is 3.00. The first-order chi connectivity index (χ1) is 15.7. The van der Waals surface area contributed by atoms with Crippen LogP contribution in [0.1, 0.15) is 18.5 Å². The number of nitrogens with one attached hydrogen (secondary N) is 2. The zero-order chi connectivity index (χ0) is 24.2. The largest absolute Gasteiger partial charge is 0.495 e. The zero-order valence-corrected chi connectivity index (χ0v) is 19.7. The lowest BCUT2D eigenvalue weighted by atomic mass is 9.95. The van der Waals surface area contributed by atoms with Crippen LogP contribution in [-0.4, -0.2) is 47.0 Å². The van der Waals surface area contributed by atoms with E-state index in [-0.39, 0.29) is 21.2 Å². The van der Waals surface area contributed by atoms with Gasteiger partial charge in [0.05, 0.1) is 48.1 Å². The van der Waals surface area contributed by atoms with E-state index in [1.165, 1.54) is 32.4 Å². The van der Waals surface area contributed by atoms with E-state index in [0.717, 1.165) is 0 Å². The van der Waals surface area contributed by atoms with Crippen LogP contribution in [0.15, 0.2) is 58.6 Å². The second-order valence-corrected chi connectivity index (χ2v) is 9.37. The van der Waals surface area contributed by atoms with Gasteiger partial charge in [-0.1, -0.05) is 23.7 Å². The van der Waals surface area contributed by atoms with Crippen LogP contribution in [0.3, 0.4) is 0 Å². The third-order valence-corrected chi connectivity index (χ3v) is 6.84. The molecule has 0 spiro atoms. The minimum atomic E-state index is -3.99. The number of methoxy groups -OCH3 is 2. The van der Waals surface area contributed by atoms with Gasteiger partial charge >= 0.3 is 12.0 Å². The first-order valence-corrected chi connectivity index (χ1v) is 11.9. The average Bonchev–Trinajstić information content (AvgIpc) is 2.78. The lowest BCUT2D eigenvalue weighted by Gasteiger charge is -2.29. The first kappa shape index (κ1) is 24.4. The highest BCUT2D eigenvalue weighted by Crippen LogP contribution is 2.32. The van der Waals surface area contributed by atoms with Crippen molar-refractivity contribution in [2.45, 2.75) is 17.9 Å². The summed E-state index contributed by atoms with van der Waals surface area (Å²) in [6.45, 7) is 2.33. The Bertz CT molecular complexity index is 1190. The number of amides is 2. The van der Waals surface area contributed by atoms with Gasteiger partial charge in [0.1, 0.15) is 11.5 Å². The van der Waals surface area contributed by atoms with Crippen molar-refractivity contribution in [1.29, 1.82) is 0 Å². The van der Waals surface area contributed by atoms with Gasteiger partial charge in [-0.05, 0) is 42.8 Å². The fourth-order valence-electron chi connectivity index (χ4n) is 3.37. The van der Waals surface area contributed by atoms with Crippen LogP contribution in [0.4, 0.5) is 4.79 Å². The van der Waals surface area contributed by atoms with E-state index in [4.69, 9.17) is 25.8 Å². The molecule has 9 nitrogen and oxygen atoms in total. The molecule has 1 aliphatic rings. The fraction of sp³-hybridized carbons (Fsp3) is 0.273. The Morgan fingerprint density at radius 3 is 2.39 bits per heavy atom. The molecule has 3 rings (SSSR count). The molecule has 2 amide bonds. The minimum absolute atomic E-state index is 0.0237. The highest BCUT2D eigenvalue weighted by atomic mass is 35.5. The number of carbonyl (C=O) groups excluding carboxylic acids is 2. The number of hydrogen-bond acceptors (Lipinski definition) is 7. The monoisotopic (exact) mass is 494 g/mol. The Kier molecular flexibility index (Phi) is 7.50. The van der Waals surface area contributed by atoms with Crippen molar-refractivity contribution in [3.63, 3.8) is 0 Å². The third kappa shape index (κ3) is 5.40. The summed E-state index contributed by atoms with van der Waals surface area (Å²) in [7, 11) is -1.41. The summed E-state index contributed by atoms with van der Waals surface area (Å²) in [5.41, 5.74) is 0.442. The molecule has 1 aliphatic heterocycles. The summed E-state index contributed by atoms with van der Waals surface area (Å²) >= 11 is 6.08. The number of benzene rings is 2. The molecule has 1 unspecified atom stereocenters. The Morgan fingerprint density at radius 1 is 1.12 bits per heavy atom. The molecule has 176 valence electrons. The van der Waals surface area contributed by atoms with Gasteiger partial charge < -0.3 is 24.8 Å². The van der Waals surface area contributed by atoms with Crippen molar-refractivity contribution in [3.8, 4) is 11.5 Å². The summed E-state index contributed by atoms with van der Waals surface area (Å²) in [6, 6.07) is 9.18. The topological polar surface area (TPSA) is 120 Å². The normalized spacial score (nSPS) is 16.0. The van der Waals surface area contributed by atoms with Gasteiger partial charge in [0.15, 0.2) is 9.84 Å². The van der Waals surface area contributed by atoms with Crippen molar-refractivity contribution < 1.29 is 32.2 Å². The number of ether oxygens (including phenoxy) is 3. The van der Waals surface area contributed by atoms with Gasteiger partial charge in [-0.25, -0.2) is 18.0 Å². The highest BCUT2D eigenvalue weighted by molar-refractivity contribution is 7.91. The molecule has 2 aromatic rings. The maximum atomic E-state index is 13.1. The first-order valence-electron chi connectivity index (χ1n) is 9.88. The number of hydrogen-bond donors (Lipinski definition) is 2. The van der Waals surface area contributed by atoms with Crippen molar-refractivity contribution >= 4 is 33.4 Å². The minimum Gasteiger partial charge on any atom is -0.495 e. The van der Waals surface area contributed by atoms with Crippen molar-refractivity contribution in [2.75, 3.05) is 26.6 Å². The molecule has 2 N–H and O–H groups in total. The maximum Gasteiger partial charge on any atom is 0.338 e. The van der Waals surface area contributed by atoms with E-state index in [1.807, 2.05) is 6.92 Å². The molecule has 1 atom stereocenters. The standard InChI is InChI=1S/C22H23ClN2O7S/c1-4-32-14-7-5-13(6-8-14)20-19(21(26)31-3)17(24-22(27)25-20)12-33(28,29)15-9-10-18(30-2)16(23)11-15/h5-11,20H,4,12H2,1-3H3,(H2,24,25,27). The van der Waals surface area contributed by atoms with Gasteiger partial charge in [-0.15, -0.1) is 0 Å². The van der Waals surface area contributed by atoms with Gasteiger partial charge in [-0.3, -0.25) is 0 Å². The molecule has 11 heteroatoms. The van der Waals surface area contributed by atoms with E-state index in [9.17, 15) is 18.0 Å². The molecule has 0 fully saturated rings. The van der Waals surface area contributed by atoms with E-state index in [1.54, 1.807) is 24.3 Å². The van der Waals surface area contributed by atoms with Crippen molar-refractivity contribution in [1.82, 2.24) is 10.6 Å². The van der Waals surface area contributed by atoms with Gasteiger partial charge in [0, 0.05) is 5.70 Å². The predicted molar refractivity (Wildman–Crippen MR) is 121 cm³/mol. The SMILES string of the molecule is CCOc1ccc(C2NC(=O)NC(CS(=O)(=O)c3ccc(OC)c(Cl)c3)=C2C(=O)OC)cc1. The highest BCUT2D eigenvalue weighted by Gasteiger charge is 2.35. The Balaban J connectivity index is 2.04. The van der Waals surface area contributed by atoms with E-state index >= 15 is 0 Å². The quantitative estimate of drug-likeness (QED) is 0.541. The number of rotatable bonds is 8. The maximum absolute atomic E-state index is 13.1. The average molecular weight is 495 g/mol. The molecule has 1 heterocycles. The Hall–Kier alpha value is -3.24. The summed E-state index contributed by atoms with van der Waals surface area (Å²) in [6.07, 6.45) is 0. The third-order valence-electron chi connectivity index (χ3n) is 4.90.